The van der Waals surface area contributed by atoms with Gasteiger partial charge in [-0.1, -0.05) is 12.2 Å². The van der Waals surface area contributed by atoms with Gasteiger partial charge in [-0.25, -0.2) is 0 Å². The maximum absolute atomic E-state index is 13.2. The van der Waals surface area contributed by atoms with Gasteiger partial charge >= 0.3 is 11.9 Å². The zero-order chi connectivity index (χ0) is 26.2. The normalized spacial score (nSPS) is 38.7. The third-order valence-electron chi connectivity index (χ3n) is 9.46. The van der Waals surface area contributed by atoms with Crippen LogP contribution in [-0.4, -0.2) is 57.4 Å². The molecule has 0 amide bonds. The number of carbonyl (C=O) groups is 2. The molecular formula is C27H42N2O6. The van der Waals surface area contributed by atoms with Crippen LogP contribution in [0.25, 0.3) is 0 Å². The standard InChI is InChI=1S/C27H42N2O6/c1-23(2)13-19(25(5,6)28(23)32)21(30)34-15-27(12-17-9-10-18(27)11-17)16-35-22(31)20-14-24(3,4)29(33)26(20,7)8/h9-10,17-20H,11-16H2,1-8H3/t17-,18+,19?,20?,27?/m1/s1. The van der Waals surface area contributed by atoms with E-state index < -0.39 is 39.4 Å². The molecule has 2 bridgehead atoms. The van der Waals surface area contributed by atoms with Crippen molar-refractivity contribution in [2.75, 3.05) is 13.2 Å². The maximum atomic E-state index is 13.2. The minimum Gasteiger partial charge on any atom is -0.465 e. The number of esters is 2. The highest BCUT2D eigenvalue weighted by Crippen LogP contribution is 2.53. The third-order valence-corrected chi connectivity index (χ3v) is 9.46. The van der Waals surface area contributed by atoms with Gasteiger partial charge in [-0.15, -0.1) is 20.5 Å². The van der Waals surface area contributed by atoms with Crippen LogP contribution in [0.4, 0.5) is 0 Å². The summed E-state index contributed by atoms with van der Waals surface area (Å²) in [6.07, 6.45) is 6.97. The number of ether oxygens (including phenoxy) is 2. The van der Waals surface area contributed by atoms with E-state index in [2.05, 4.69) is 12.2 Å². The Morgan fingerprint density at radius 2 is 1.17 bits per heavy atom. The van der Waals surface area contributed by atoms with Gasteiger partial charge in [0.25, 0.3) is 0 Å². The van der Waals surface area contributed by atoms with Crippen LogP contribution in [0.5, 0.6) is 0 Å². The molecule has 8 nitrogen and oxygen atoms in total. The Kier molecular flexibility index (Phi) is 6.28. The summed E-state index contributed by atoms with van der Waals surface area (Å²) in [4.78, 5) is 26.4. The lowest BCUT2D eigenvalue weighted by atomic mass is 9.77. The van der Waals surface area contributed by atoms with Gasteiger partial charge in [-0.3, -0.25) is 9.59 Å². The predicted octanol–water partition coefficient (Wildman–Crippen LogP) is 4.10. The van der Waals surface area contributed by atoms with Crippen molar-refractivity contribution in [3.05, 3.63) is 12.2 Å². The third kappa shape index (κ3) is 4.24. The monoisotopic (exact) mass is 490 g/mol. The van der Waals surface area contributed by atoms with Crippen LogP contribution in [0.3, 0.4) is 0 Å². The Labute approximate surface area is 209 Å². The van der Waals surface area contributed by atoms with Gasteiger partial charge in [-0.05, 0) is 92.9 Å². The van der Waals surface area contributed by atoms with Crippen LogP contribution < -0.4 is 0 Å². The molecule has 2 aliphatic heterocycles. The molecule has 2 unspecified atom stereocenters. The van der Waals surface area contributed by atoms with E-state index in [9.17, 15) is 20.0 Å². The molecule has 0 N–H and O–H groups in total. The molecule has 2 radical (unpaired) electrons. The van der Waals surface area contributed by atoms with Crippen LogP contribution in [0.15, 0.2) is 12.2 Å². The van der Waals surface area contributed by atoms with Crippen molar-refractivity contribution in [2.24, 2.45) is 29.1 Å². The topological polar surface area (TPSA) is 98.9 Å². The predicted molar refractivity (Wildman–Crippen MR) is 127 cm³/mol. The van der Waals surface area contributed by atoms with Crippen molar-refractivity contribution >= 4 is 11.9 Å². The highest BCUT2D eigenvalue weighted by Gasteiger charge is 2.58. The number of carbonyl (C=O) groups excluding carboxylic acids is 2. The molecule has 196 valence electrons. The molecule has 2 heterocycles. The quantitative estimate of drug-likeness (QED) is 0.411. The van der Waals surface area contributed by atoms with Crippen molar-refractivity contribution in [1.29, 1.82) is 0 Å². The fourth-order valence-corrected chi connectivity index (χ4v) is 7.31. The van der Waals surface area contributed by atoms with E-state index in [1.165, 1.54) is 0 Å². The summed E-state index contributed by atoms with van der Waals surface area (Å²) in [5, 5.41) is 27.5. The zero-order valence-electron chi connectivity index (χ0n) is 22.6. The minimum absolute atomic E-state index is 0.156. The van der Waals surface area contributed by atoms with E-state index in [1.54, 1.807) is 27.7 Å². The number of nitrogens with zero attached hydrogens (tertiary/aromatic N) is 2. The summed E-state index contributed by atoms with van der Waals surface area (Å²) in [6, 6.07) is 0. The zero-order valence-corrected chi connectivity index (χ0v) is 22.6. The van der Waals surface area contributed by atoms with E-state index >= 15 is 0 Å². The summed E-state index contributed by atoms with van der Waals surface area (Å²) < 4.78 is 11.8. The number of hydrogen-bond donors (Lipinski definition) is 0. The first kappa shape index (κ1) is 26.6. The van der Waals surface area contributed by atoms with E-state index in [0.29, 0.717) is 18.8 Å². The van der Waals surface area contributed by atoms with Crippen LogP contribution >= 0.6 is 0 Å². The van der Waals surface area contributed by atoms with E-state index in [-0.39, 0.29) is 31.1 Å². The molecule has 4 aliphatic rings. The van der Waals surface area contributed by atoms with Crippen LogP contribution in [0.2, 0.25) is 0 Å². The molecule has 0 aromatic rings. The average molecular weight is 491 g/mol. The summed E-state index contributed by atoms with van der Waals surface area (Å²) in [5.41, 5.74) is -3.44. The summed E-state index contributed by atoms with van der Waals surface area (Å²) in [6.45, 7) is 14.9. The SMILES string of the molecule is CC1(C)CC(C(=O)OCC2(COC(=O)C3CC(C)(C)N([O])C3(C)C)C[C@@H]3C=C[C@H]2C3)C(C)(C)N1[O]. The molecule has 0 spiro atoms. The molecule has 35 heavy (non-hydrogen) atoms. The van der Waals surface area contributed by atoms with Gasteiger partial charge in [0.15, 0.2) is 0 Å². The minimum atomic E-state index is -0.847. The van der Waals surface area contributed by atoms with Gasteiger partial charge in [-0.2, -0.15) is 0 Å². The number of hydroxylamine groups is 4. The highest BCUT2D eigenvalue weighted by atomic mass is 16.6. The number of hydrogen-bond acceptors (Lipinski definition) is 6. The number of rotatable bonds is 6. The fourth-order valence-electron chi connectivity index (χ4n) is 7.31. The average Bonchev–Trinajstić information content (AvgIpc) is 3.45. The molecule has 2 saturated heterocycles. The maximum Gasteiger partial charge on any atom is 0.310 e. The van der Waals surface area contributed by atoms with E-state index in [4.69, 9.17) is 9.47 Å². The summed E-state index contributed by atoms with van der Waals surface area (Å²) >= 11 is 0. The van der Waals surface area contributed by atoms with Crippen LogP contribution in [-0.2, 0) is 29.5 Å². The second-order valence-corrected chi connectivity index (χ2v) is 13.8. The van der Waals surface area contributed by atoms with Crippen LogP contribution in [0.1, 0.15) is 81.1 Å². The Balaban J connectivity index is 1.45. The Morgan fingerprint density at radius 3 is 1.46 bits per heavy atom. The summed E-state index contributed by atoms with van der Waals surface area (Å²) in [7, 11) is 0. The molecule has 2 aliphatic carbocycles. The Bertz CT molecular complexity index is 851. The lowest BCUT2D eigenvalue weighted by Gasteiger charge is -2.37. The van der Waals surface area contributed by atoms with Crippen molar-refractivity contribution in [1.82, 2.24) is 10.1 Å². The molecule has 8 heteroatoms. The molecule has 0 aromatic heterocycles. The second-order valence-electron chi connectivity index (χ2n) is 13.8. The van der Waals surface area contributed by atoms with E-state index in [0.717, 1.165) is 23.0 Å². The molecule has 3 fully saturated rings. The van der Waals surface area contributed by atoms with Crippen molar-refractivity contribution in [3.63, 3.8) is 0 Å². The Hall–Kier alpha value is -1.48. The molecule has 4 atom stereocenters. The second kappa shape index (κ2) is 8.27. The Morgan fingerprint density at radius 1 is 0.743 bits per heavy atom. The molecular weight excluding hydrogens is 448 g/mol. The van der Waals surface area contributed by atoms with Gasteiger partial charge in [0.05, 0.1) is 22.9 Å². The largest absolute Gasteiger partial charge is 0.465 e. The lowest BCUT2D eigenvalue weighted by molar-refractivity contribution is -0.249. The van der Waals surface area contributed by atoms with Crippen molar-refractivity contribution < 1.29 is 29.5 Å². The molecule has 1 saturated carbocycles. The smallest absolute Gasteiger partial charge is 0.310 e. The number of allylic oxidation sites excluding steroid dienone is 2. The highest BCUT2D eigenvalue weighted by molar-refractivity contribution is 5.75. The van der Waals surface area contributed by atoms with Crippen LogP contribution in [0, 0.1) is 29.1 Å². The first-order valence-corrected chi connectivity index (χ1v) is 12.9. The van der Waals surface area contributed by atoms with Crippen molar-refractivity contribution in [3.8, 4) is 0 Å². The van der Waals surface area contributed by atoms with Gasteiger partial charge < -0.3 is 9.47 Å². The fraction of sp³-hybridized carbons (Fsp3) is 0.852. The van der Waals surface area contributed by atoms with Gasteiger partial charge in [0.2, 0.25) is 0 Å². The molecule has 0 aromatic carbocycles. The first-order valence-electron chi connectivity index (χ1n) is 12.9. The van der Waals surface area contributed by atoms with Gasteiger partial charge in [0.1, 0.15) is 13.2 Å². The van der Waals surface area contributed by atoms with E-state index in [1.807, 2.05) is 27.7 Å². The lowest BCUT2D eigenvalue weighted by Crippen LogP contribution is -2.48. The van der Waals surface area contributed by atoms with Crippen molar-refractivity contribution in [2.45, 2.75) is 103 Å². The number of fused-ring (bicyclic) bond motifs is 2. The van der Waals surface area contributed by atoms with Gasteiger partial charge in [0, 0.05) is 16.5 Å². The molecule has 4 rings (SSSR count). The summed E-state index contributed by atoms with van der Waals surface area (Å²) in [5.74, 6) is -1.21. The first-order chi connectivity index (χ1) is 15.9.